The van der Waals surface area contributed by atoms with Crippen LogP contribution in [0.4, 0.5) is 0 Å². The van der Waals surface area contributed by atoms with Gasteiger partial charge in [0, 0.05) is 23.0 Å². The van der Waals surface area contributed by atoms with Crippen LogP contribution >= 0.6 is 11.3 Å². The fourth-order valence-electron chi connectivity index (χ4n) is 3.60. The minimum atomic E-state index is 0.448. The van der Waals surface area contributed by atoms with Gasteiger partial charge in [0.2, 0.25) is 0 Å². The quantitative estimate of drug-likeness (QED) is 0.840. The van der Waals surface area contributed by atoms with Crippen molar-refractivity contribution in [2.45, 2.75) is 44.7 Å². The van der Waals surface area contributed by atoms with E-state index in [0.29, 0.717) is 6.54 Å². The van der Waals surface area contributed by atoms with Gasteiger partial charge in [0.1, 0.15) is 0 Å². The van der Waals surface area contributed by atoms with Crippen molar-refractivity contribution >= 4 is 11.3 Å². The Hall–Kier alpha value is -0.820. The molecular weight excluding hydrogens is 252 g/mol. The molecule has 0 bridgehead atoms. The molecule has 1 saturated carbocycles. The van der Waals surface area contributed by atoms with E-state index in [1.54, 1.807) is 0 Å². The van der Waals surface area contributed by atoms with Gasteiger partial charge in [0.05, 0.1) is 6.54 Å². The van der Waals surface area contributed by atoms with E-state index in [2.05, 4.69) is 28.2 Å². The van der Waals surface area contributed by atoms with Gasteiger partial charge < -0.3 is 5.73 Å². The number of rotatable bonds is 2. The van der Waals surface area contributed by atoms with Crippen LogP contribution in [-0.2, 0) is 6.54 Å². The highest BCUT2D eigenvalue weighted by atomic mass is 32.1. The van der Waals surface area contributed by atoms with E-state index in [9.17, 15) is 0 Å². The first-order valence-electron chi connectivity index (χ1n) is 7.38. The third-order valence-corrected chi connectivity index (χ3v) is 5.45. The topological polar surface area (TPSA) is 29.3 Å². The highest BCUT2D eigenvalue weighted by molar-refractivity contribution is 7.10. The fourth-order valence-corrected chi connectivity index (χ4v) is 4.46. The molecule has 1 saturated heterocycles. The lowest BCUT2D eigenvalue weighted by atomic mass is 9.85. The molecule has 0 radical (unpaired) electrons. The molecule has 3 heteroatoms. The lowest BCUT2D eigenvalue weighted by molar-refractivity contribution is 0.177. The van der Waals surface area contributed by atoms with E-state index in [1.807, 2.05) is 11.3 Å². The Morgan fingerprint density at radius 2 is 2.21 bits per heavy atom. The summed E-state index contributed by atoms with van der Waals surface area (Å²) in [5.41, 5.74) is 6.66. The average molecular weight is 274 g/mol. The van der Waals surface area contributed by atoms with E-state index in [1.165, 1.54) is 49.1 Å². The molecular formula is C16H22N2S. The molecule has 2 aliphatic rings. The monoisotopic (exact) mass is 274 g/mol. The SMILES string of the molecule is NCC#Cc1ccsc1CN1CCC2CCCCC21. The van der Waals surface area contributed by atoms with Crippen molar-refractivity contribution in [2.75, 3.05) is 13.1 Å². The second-order valence-electron chi connectivity index (χ2n) is 5.63. The third-order valence-electron chi connectivity index (χ3n) is 4.54. The first-order chi connectivity index (χ1) is 9.38. The molecule has 102 valence electrons. The van der Waals surface area contributed by atoms with Crippen molar-refractivity contribution < 1.29 is 0 Å². The summed E-state index contributed by atoms with van der Waals surface area (Å²) < 4.78 is 0. The second-order valence-corrected chi connectivity index (χ2v) is 6.64. The number of nitrogens with zero attached hydrogens (tertiary/aromatic N) is 1. The lowest BCUT2D eigenvalue weighted by Crippen LogP contribution is -2.34. The Bertz CT molecular complexity index is 482. The van der Waals surface area contributed by atoms with Crippen LogP contribution in [0.25, 0.3) is 0 Å². The molecule has 1 aliphatic heterocycles. The summed E-state index contributed by atoms with van der Waals surface area (Å²) in [6, 6.07) is 2.98. The van der Waals surface area contributed by atoms with Crippen LogP contribution < -0.4 is 5.73 Å². The lowest BCUT2D eigenvalue weighted by Gasteiger charge is -2.31. The standard InChI is InChI=1S/C16H22N2S/c17-9-3-5-14-8-11-19-16(14)12-18-10-7-13-4-1-2-6-15(13)18/h8,11,13,15H,1-2,4,6-7,9-10,12,17H2. The van der Waals surface area contributed by atoms with Crippen molar-refractivity contribution in [3.05, 3.63) is 21.9 Å². The number of fused-ring (bicyclic) bond motifs is 1. The summed E-state index contributed by atoms with van der Waals surface area (Å²) in [5.74, 6) is 7.15. The predicted molar refractivity (Wildman–Crippen MR) is 81.0 cm³/mol. The number of hydrogen-bond donors (Lipinski definition) is 1. The van der Waals surface area contributed by atoms with Crippen LogP contribution in [0.5, 0.6) is 0 Å². The Morgan fingerprint density at radius 1 is 1.32 bits per heavy atom. The molecule has 2 unspecified atom stereocenters. The van der Waals surface area contributed by atoms with Crippen molar-refractivity contribution in [3.63, 3.8) is 0 Å². The second kappa shape index (κ2) is 6.09. The number of hydrogen-bond acceptors (Lipinski definition) is 3. The Labute approximate surface area is 120 Å². The Morgan fingerprint density at radius 3 is 3.11 bits per heavy atom. The van der Waals surface area contributed by atoms with Crippen LogP contribution in [0, 0.1) is 17.8 Å². The van der Waals surface area contributed by atoms with Crippen molar-refractivity contribution in [1.82, 2.24) is 4.90 Å². The van der Waals surface area contributed by atoms with Crippen LogP contribution in [0.3, 0.4) is 0 Å². The van der Waals surface area contributed by atoms with Gasteiger partial charge in [-0.15, -0.1) is 11.3 Å². The largest absolute Gasteiger partial charge is 0.320 e. The molecule has 0 spiro atoms. The molecule has 1 aliphatic carbocycles. The van der Waals surface area contributed by atoms with E-state index in [4.69, 9.17) is 5.73 Å². The van der Waals surface area contributed by atoms with Gasteiger partial charge in [0.15, 0.2) is 0 Å². The zero-order valence-corrected chi connectivity index (χ0v) is 12.2. The maximum absolute atomic E-state index is 5.47. The number of thiophene rings is 1. The number of likely N-dealkylation sites (tertiary alicyclic amines) is 1. The van der Waals surface area contributed by atoms with Gasteiger partial charge in [0.25, 0.3) is 0 Å². The predicted octanol–water partition coefficient (Wildman–Crippen LogP) is 2.82. The van der Waals surface area contributed by atoms with Crippen molar-refractivity contribution in [2.24, 2.45) is 11.7 Å². The maximum Gasteiger partial charge on any atom is 0.0555 e. The van der Waals surface area contributed by atoms with Gasteiger partial charge in [-0.3, -0.25) is 4.90 Å². The Kier molecular flexibility index (Phi) is 4.22. The van der Waals surface area contributed by atoms with Crippen molar-refractivity contribution in [1.29, 1.82) is 0 Å². The minimum Gasteiger partial charge on any atom is -0.320 e. The molecule has 2 heterocycles. The van der Waals surface area contributed by atoms with Gasteiger partial charge in [-0.1, -0.05) is 24.7 Å². The average Bonchev–Trinajstić information content (AvgIpc) is 3.05. The van der Waals surface area contributed by atoms with Gasteiger partial charge >= 0.3 is 0 Å². The van der Waals surface area contributed by atoms with Gasteiger partial charge in [-0.2, -0.15) is 0 Å². The molecule has 1 aromatic heterocycles. The van der Waals surface area contributed by atoms with Crippen LogP contribution in [0.1, 0.15) is 42.5 Å². The highest BCUT2D eigenvalue weighted by Gasteiger charge is 2.35. The first-order valence-corrected chi connectivity index (χ1v) is 8.26. The smallest absolute Gasteiger partial charge is 0.0555 e. The summed E-state index contributed by atoms with van der Waals surface area (Å²) in [7, 11) is 0. The van der Waals surface area contributed by atoms with E-state index in [-0.39, 0.29) is 0 Å². The summed E-state index contributed by atoms with van der Waals surface area (Å²) in [4.78, 5) is 4.12. The summed E-state index contributed by atoms with van der Waals surface area (Å²) in [6.07, 6.45) is 7.12. The maximum atomic E-state index is 5.47. The molecule has 2 fully saturated rings. The fraction of sp³-hybridized carbons (Fsp3) is 0.625. The zero-order valence-electron chi connectivity index (χ0n) is 11.4. The van der Waals surface area contributed by atoms with Crippen LogP contribution in [0.2, 0.25) is 0 Å². The zero-order chi connectivity index (χ0) is 13.1. The van der Waals surface area contributed by atoms with Crippen molar-refractivity contribution in [3.8, 4) is 11.8 Å². The molecule has 0 aromatic carbocycles. The summed E-state index contributed by atoms with van der Waals surface area (Å²) >= 11 is 1.84. The minimum absolute atomic E-state index is 0.448. The molecule has 19 heavy (non-hydrogen) atoms. The molecule has 2 nitrogen and oxygen atoms in total. The van der Waals surface area contributed by atoms with Gasteiger partial charge in [-0.05, 0) is 43.2 Å². The summed E-state index contributed by atoms with van der Waals surface area (Å²) in [5, 5.41) is 2.16. The third kappa shape index (κ3) is 2.86. The molecule has 3 rings (SSSR count). The normalized spacial score (nSPS) is 26.8. The van der Waals surface area contributed by atoms with E-state index in [0.717, 1.165) is 18.5 Å². The highest BCUT2D eigenvalue weighted by Crippen LogP contribution is 2.37. The van der Waals surface area contributed by atoms with Crippen LogP contribution in [-0.4, -0.2) is 24.0 Å². The number of nitrogens with two attached hydrogens (primary N) is 1. The van der Waals surface area contributed by atoms with E-state index < -0.39 is 0 Å². The molecule has 1 aromatic rings. The first kappa shape index (κ1) is 13.2. The Balaban J connectivity index is 1.70. The molecule has 0 amide bonds. The molecule has 2 N–H and O–H groups in total. The van der Waals surface area contributed by atoms with Crippen LogP contribution in [0.15, 0.2) is 11.4 Å². The molecule has 2 atom stereocenters. The van der Waals surface area contributed by atoms with Gasteiger partial charge in [-0.25, -0.2) is 0 Å². The van der Waals surface area contributed by atoms with E-state index >= 15 is 0 Å². The summed E-state index contributed by atoms with van der Waals surface area (Å²) in [6.45, 7) is 2.81.